The van der Waals surface area contributed by atoms with Crippen LogP contribution in [0.15, 0.2) is 28.2 Å². The van der Waals surface area contributed by atoms with E-state index in [9.17, 15) is 9.18 Å². The molecule has 0 bridgehead atoms. The molecular weight excluding hydrogens is 349 g/mol. The molecule has 0 spiro atoms. The number of benzene rings is 1. The molecule has 0 radical (unpaired) electrons. The number of likely N-dealkylation sites (tertiary alicyclic amines) is 1. The van der Waals surface area contributed by atoms with Crippen LogP contribution in [-0.2, 0) is 4.74 Å². The van der Waals surface area contributed by atoms with Gasteiger partial charge in [-0.15, -0.1) is 0 Å². The van der Waals surface area contributed by atoms with Crippen LogP contribution in [0, 0.1) is 5.82 Å². The SMILES string of the molecule is CC(C)(C)OC(=O)N1CCC/C(=C/c2cc(F)ccc2Br)C1. The van der Waals surface area contributed by atoms with Gasteiger partial charge in [0.25, 0.3) is 0 Å². The van der Waals surface area contributed by atoms with Crippen LogP contribution in [0.4, 0.5) is 9.18 Å². The highest BCUT2D eigenvalue weighted by molar-refractivity contribution is 9.10. The summed E-state index contributed by atoms with van der Waals surface area (Å²) in [5.41, 5.74) is 1.40. The predicted octanol–water partition coefficient (Wildman–Crippen LogP) is 5.00. The normalized spacial score (nSPS) is 17.7. The van der Waals surface area contributed by atoms with E-state index in [1.807, 2.05) is 26.8 Å². The molecule has 3 nitrogen and oxygen atoms in total. The molecule has 22 heavy (non-hydrogen) atoms. The predicted molar refractivity (Wildman–Crippen MR) is 89.1 cm³/mol. The Balaban J connectivity index is 2.11. The lowest BCUT2D eigenvalue weighted by Gasteiger charge is -2.31. The van der Waals surface area contributed by atoms with Crippen LogP contribution in [0.25, 0.3) is 6.08 Å². The zero-order valence-electron chi connectivity index (χ0n) is 13.2. The molecule has 0 atom stereocenters. The molecule has 1 aromatic rings. The molecule has 1 amide bonds. The molecule has 1 saturated heterocycles. The number of nitrogens with zero attached hydrogens (tertiary/aromatic N) is 1. The van der Waals surface area contributed by atoms with Gasteiger partial charge < -0.3 is 9.64 Å². The lowest BCUT2D eigenvalue weighted by atomic mass is 10.0. The summed E-state index contributed by atoms with van der Waals surface area (Å²) in [4.78, 5) is 13.8. The van der Waals surface area contributed by atoms with Crippen LogP contribution in [0.5, 0.6) is 0 Å². The second-order valence-corrected chi connectivity index (χ2v) is 7.33. The molecule has 120 valence electrons. The molecule has 0 N–H and O–H groups in total. The molecular formula is C17H21BrFNO2. The molecule has 1 aliphatic heterocycles. The summed E-state index contributed by atoms with van der Waals surface area (Å²) in [6.07, 6.45) is 3.45. The quantitative estimate of drug-likeness (QED) is 0.696. The standard InChI is InChI=1S/C17H21BrFNO2/c1-17(2,3)22-16(21)20-8-4-5-12(11-20)9-13-10-14(19)6-7-15(13)18/h6-7,9-10H,4-5,8,11H2,1-3H3/b12-9-. The van der Waals surface area contributed by atoms with Crippen molar-refractivity contribution in [2.75, 3.05) is 13.1 Å². The van der Waals surface area contributed by atoms with Crippen molar-refractivity contribution < 1.29 is 13.9 Å². The third kappa shape index (κ3) is 4.83. The fourth-order valence-electron chi connectivity index (χ4n) is 2.35. The Morgan fingerprint density at radius 2 is 2.14 bits per heavy atom. The Bertz CT molecular complexity index is 593. The van der Waals surface area contributed by atoms with Crippen molar-refractivity contribution >= 4 is 28.1 Å². The molecule has 1 aromatic carbocycles. The summed E-state index contributed by atoms with van der Waals surface area (Å²) < 4.78 is 19.6. The van der Waals surface area contributed by atoms with Crippen molar-refractivity contribution in [2.24, 2.45) is 0 Å². The third-order valence-electron chi connectivity index (χ3n) is 3.29. The van der Waals surface area contributed by atoms with Crippen molar-refractivity contribution in [3.63, 3.8) is 0 Å². The van der Waals surface area contributed by atoms with Crippen molar-refractivity contribution in [1.82, 2.24) is 4.90 Å². The van der Waals surface area contributed by atoms with Crippen LogP contribution in [-0.4, -0.2) is 29.7 Å². The number of carbonyl (C=O) groups is 1. The van der Waals surface area contributed by atoms with Gasteiger partial charge in [0.05, 0.1) is 0 Å². The number of carbonyl (C=O) groups excluding carboxylic acids is 1. The van der Waals surface area contributed by atoms with Crippen molar-refractivity contribution in [2.45, 2.75) is 39.2 Å². The van der Waals surface area contributed by atoms with E-state index >= 15 is 0 Å². The van der Waals surface area contributed by atoms with Crippen LogP contribution >= 0.6 is 15.9 Å². The summed E-state index contributed by atoms with van der Waals surface area (Å²) in [5.74, 6) is -0.269. The maximum absolute atomic E-state index is 13.4. The number of hydrogen-bond acceptors (Lipinski definition) is 2. The van der Waals surface area contributed by atoms with Crippen LogP contribution in [0.3, 0.4) is 0 Å². The van der Waals surface area contributed by atoms with Gasteiger partial charge >= 0.3 is 6.09 Å². The van der Waals surface area contributed by atoms with Gasteiger partial charge in [-0.25, -0.2) is 9.18 Å². The van der Waals surface area contributed by atoms with E-state index < -0.39 is 5.60 Å². The number of halogens is 2. The van der Waals surface area contributed by atoms with E-state index in [1.165, 1.54) is 12.1 Å². The summed E-state index contributed by atoms with van der Waals surface area (Å²) in [5, 5.41) is 0. The second-order valence-electron chi connectivity index (χ2n) is 6.47. The summed E-state index contributed by atoms with van der Waals surface area (Å²) in [6.45, 7) is 6.79. The molecule has 1 fully saturated rings. The van der Waals surface area contributed by atoms with Gasteiger partial charge in [0.1, 0.15) is 11.4 Å². The summed E-state index contributed by atoms with van der Waals surface area (Å²) >= 11 is 3.42. The monoisotopic (exact) mass is 369 g/mol. The van der Waals surface area contributed by atoms with Crippen molar-refractivity contribution in [1.29, 1.82) is 0 Å². The van der Waals surface area contributed by atoms with E-state index in [4.69, 9.17) is 4.74 Å². The van der Waals surface area contributed by atoms with E-state index in [0.29, 0.717) is 13.1 Å². The van der Waals surface area contributed by atoms with E-state index in [2.05, 4.69) is 15.9 Å². The first-order valence-electron chi connectivity index (χ1n) is 7.37. The second kappa shape index (κ2) is 6.82. The van der Waals surface area contributed by atoms with Gasteiger partial charge in [-0.3, -0.25) is 0 Å². The Morgan fingerprint density at radius 1 is 1.41 bits per heavy atom. The number of ether oxygens (including phenoxy) is 1. The Labute approximate surface area is 139 Å². The maximum Gasteiger partial charge on any atom is 0.410 e. The van der Waals surface area contributed by atoms with Crippen LogP contribution in [0.2, 0.25) is 0 Å². The van der Waals surface area contributed by atoms with Gasteiger partial charge in [0.15, 0.2) is 0 Å². The number of amides is 1. The Hall–Kier alpha value is -1.36. The largest absolute Gasteiger partial charge is 0.444 e. The van der Waals surface area contributed by atoms with Gasteiger partial charge in [0.2, 0.25) is 0 Å². The zero-order valence-corrected chi connectivity index (χ0v) is 14.7. The van der Waals surface area contributed by atoms with E-state index in [-0.39, 0.29) is 11.9 Å². The first-order chi connectivity index (χ1) is 10.2. The highest BCUT2D eigenvalue weighted by Crippen LogP contribution is 2.25. The van der Waals surface area contributed by atoms with Gasteiger partial charge in [0, 0.05) is 17.6 Å². The average Bonchev–Trinajstić information content (AvgIpc) is 2.41. The molecule has 1 heterocycles. The lowest BCUT2D eigenvalue weighted by Crippen LogP contribution is -2.40. The molecule has 0 saturated carbocycles. The molecule has 0 unspecified atom stereocenters. The minimum atomic E-state index is -0.496. The summed E-state index contributed by atoms with van der Waals surface area (Å²) in [7, 11) is 0. The summed E-state index contributed by atoms with van der Waals surface area (Å²) in [6, 6.07) is 4.60. The molecule has 0 aliphatic carbocycles. The Morgan fingerprint density at radius 3 is 2.82 bits per heavy atom. The molecule has 5 heteroatoms. The van der Waals surface area contributed by atoms with E-state index in [1.54, 1.807) is 11.0 Å². The highest BCUT2D eigenvalue weighted by Gasteiger charge is 2.25. The minimum absolute atomic E-state index is 0.269. The third-order valence-corrected chi connectivity index (χ3v) is 4.01. The fraction of sp³-hybridized carbons (Fsp3) is 0.471. The zero-order chi connectivity index (χ0) is 16.3. The molecule has 2 rings (SSSR count). The van der Waals surface area contributed by atoms with Gasteiger partial charge in [-0.05, 0) is 57.4 Å². The first kappa shape index (κ1) is 17.0. The number of hydrogen-bond donors (Lipinski definition) is 0. The van der Waals surface area contributed by atoms with E-state index in [0.717, 1.165) is 28.5 Å². The molecule has 1 aliphatic rings. The first-order valence-corrected chi connectivity index (χ1v) is 8.16. The average molecular weight is 370 g/mol. The lowest BCUT2D eigenvalue weighted by molar-refractivity contribution is 0.0247. The minimum Gasteiger partial charge on any atom is -0.444 e. The maximum atomic E-state index is 13.4. The number of piperidine rings is 1. The van der Waals surface area contributed by atoms with Crippen LogP contribution < -0.4 is 0 Å². The smallest absolute Gasteiger partial charge is 0.410 e. The molecule has 0 aromatic heterocycles. The van der Waals surface area contributed by atoms with Gasteiger partial charge in [-0.2, -0.15) is 0 Å². The number of rotatable bonds is 1. The fourth-order valence-corrected chi connectivity index (χ4v) is 2.71. The highest BCUT2D eigenvalue weighted by atomic mass is 79.9. The topological polar surface area (TPSA) is 29.5 Å². The van der Waals surface area contributed by atoms with Gasteiger partial charge in [-0.1, -0.05) is 27.6 Å². The van der Waals surface area contributed by atoms with Crippen LogP contribution in [0.1, 0.15) is 39.2 Å². The Kier molecular flexibility index (Phi) is 5.27. The van der Waals surface area contributed by atoms with Crippen molar-refractivity contribution in [3.05, 3.63) is 39.6 Å². The van der Waals surface area contributed by atoms with Crippen molar-refractivity contribution in [3.8, 4) is 0 Å².